The van der Waals surface area contributed by atoms with Gasteiger partial charge in [0.1, 0.15) is 24.3 Å². The highest BCUT2D eigenvalue weighted by atomic mass is 35.5. The number of aromatic amines is 1. The lowest BCUT2D eigenvalue weighted by molar-refractivity contribution is -0.164. The number of H-pyrrole nitrogens is 1. The van der Waals surface area contributed by atoms with E-state index in [2.05, 4.69) is 30.5 Å². The molecule has 1 saturated carbocycles. The number of hydrogen-bond donors (Lipinski definition) is 4. The summed E-state index contributed by atoms with van der Waals surface area (Å²) in [5.41, 5.74) is -2.18. The molecule has 264 valence electrons. The van der Waals surface area contributed by atoms with Gasteiger partial charge in [-0.2, -0.15) is 18.3 Å². The van der Waals surface area contributed by atoms with Crippen molar-refractivity contribution in [2.75, 3.05) is 13.2 Å². The SMILES string of the molecule is CC(C)(C)CCNC(=N)N(C(=O)c1ccc(-c2ncccn2)cc1F)[C@H](COC(=O)NC1(C(F)(F)F)CC1)c1ccc(Cl)c(-c2ncn[nH]2)c1. The summed E-state index contributed by atoms with van der Waals surface area (Å²) < 4.78 is 61.9. The fourth-order valence-electron chi connectivity index (χ4n) is 5.02. The first-order chi connectivity index (χ1) is 23.6. The zero-order valence-electron chi connectivity index (χ0n) is 27.2. The second-order valence-electron chi connectivity index (χ2n) is 12.9. The second kappa shape index (κ2) is 14.4. The molecule has 1 fully saturated rings. The van der Waals surface area contributed by atoms with E-state index in [1.165, 1.54) is 49.1 Å². The van der Waals surface area contributed by atoms with E-state index in [9.17, 15) is 22.8 Å². The molecule has 1 atom stereocenters. The average molecular weight is 716 g/mol. The Morgan fingerprint density at radius 2 is 1.82 bits per heavy atom. The number of nitrogens with zero attached hydrogens (tertiary/aromatic N) is 5. The number of hydrogen-bond acceptors (Lipinski definition) is 8. The largest absolute Gasteiger partial charge is 0.447 e. The smallest absolute Gasteiger partial charge is 0.411 e. The number of aromatic nitrogens is 5. The summed E-state index contributed by atoms with van der Waals surface area (Å²) >= 11 is 6.46. The van der Waals surface area contributed by atoms with Gasteiger partial charge in [-0.15, -0.1) is 0 Å². The summed E-state index contributed by atoms with van der Waals surface area (Å²) in [6, 6.07) is 8.41. The molecule has 4 N–H and O–H groups in total. The molecule has 4 aromatic rings. The normalized spacial score (nSPS) is 14.4. The number of rotatable bonds is 10. The fraction of sp³-hybridized carbons (Fsp3) is 0.364. The number of guanidine groups is 1. The number of halogens is 5. The van der Waals surface area contributed by atoms with Crippen LogP contribution in [0.3, 0.4) is 0 Å². The summed E-state index contributed by atoms with van der Waals surface area (Å²) in [5, 5.41) is 20.5. The molecular formula is C33H34ClF4N9O3. The van der Waals surface area contributed by atoms with Crippen LogP contribution in [0, 0.1) is 16.6 Å². The van der Waals surface area contributed by atoms with Crippen molar-refractivity contribution in [1.29, 1.82) is 5.41 Å². The van der Waals surface area contributed by atoms with Crippen LogP contribution in [0.15, 0.2) is 61.2 Å². The molecule has 2 aromatic heterocycles. The first-order valence-electron chi connectivity index (χ1n) is 15.5. The maximum atomic E-state index is 15.8. The lowest BCUT2D eigenvalue weighted by atomic mass is 9.92. The molecule has 0 spiro atoms. The number of ether oxygens (including phenoxy) is 1. The standard InChI is InChI=1S/C33H34ClF4N9O3/c1-31(2,3)11-14-42-29(39)47(28(48)21-7-5-20(16-24(21)35)26-40-12-4-13-41-26)25(17-50-30(49)45-32(9-10-32)33(36,37)38)19-6-8-23(34)22(15-19)27-43-18-44-46-27/h4-8,12-13,15-16,18,25H,9-11,14,17H2,1-3H3,(H2,39,42)(H,45,49)(H,43,44,46)/t25-/m1/s1. The summed E-state index contributed by atoms with van der Waals surface area (Å²) in [5.74, 6) is -1.98. The van der Waals surface area contributed by atoms with Crippen LogP contribution in [-0.2, 0) is 4.74 Å². The van der Waals surface area contributed by atoms with Crippen molar-refractivity contribution in [1.82, 2.24) is 40.7 Å². The van der Waals surface area contributed by atoms with Crippen molar-refractivity contribution in [3.8, 4) is 22.8 Å². The summed E-state index contributed by atoms with van der Waals surface area (Å²) in [6.07, 6.45) is -1.95. The molecule has 0 bridgehead atoms. The number of carbonyl (C=O) groups excluding carboxylic acids is 2. The van der Waals surface area contributed by atoms with Crippen LogP contribution >= 0.6 is 11.6 Å². The van der Waals surface area contributed by atoms with Gasteiger partial charge in [0.2, 0.25) is 0 Å². The maximum absolute atomic E-state index is 15.8. The van der Waals surface area contributed by atoms with Crippen LogP contribution < -0.4 is 10.6 Å². The molecule has 50 heavy (non-hydrogen) atoms. The number of carbonyl (C=O) groups is 2. The summed E-state index contributed by atoms with van der Waals surface area (Å²) in [6.45, 7) is 5.44. The van der Waals surface area contributed by atoms with Gasteiger partial charge in [0, 0.05) is 30.1 Å². The molecule has 0 unspecified atom stereocenters. The highest BCUT2D eigenvalue weighted by Gasteiger charge is 2.64. The Bertz CT molecular complexity index is 1850. The molecular weight excluding hydrogens is 682 g/mol. The van der Waals surface area contributed by atoms with Crippen LogP contribution in [0.25, 0.3) is 22.8 Å². The molecule has 0 saturated heterocycles. The monoisotopic (exact) mass is 715 g/mol. The molecule has 0 aliphatic heterocycles. The van der Waals surface area contributed by atoms with E-state index in [0.717, 1.165) is 11.0 Å². The minimum atomic E-state index is -4.71. The van der Waals surface area contributed by atoms with Gasteiger partial charge in [-0.25, -0.2) is 24.1 Å². The Hall–Kier alpha value is -5.12. The van der Waals surface area contributed by atoms with E-state index in [0.29, 0.717) is 12.0 Å². The highest BCUT2D eigenvalue weighted by molar-refractivity contribution is 6.33. The highest BCUT2D eigenvalue weighted by Crippen LogP contribution is 2.49. The lowest BCUT2D eigenvalue weighted by Gasteiger charge is -2.33. The molecule has 1 aliphatic rings. The fourth-order valence-corrected chi connectivity index (χ4v) is 5.23. The minimum absolute atomic E-state index is 0.163. The zero-order chi connectivity index (χ0) is 36.3. The first kappa shape index (κ1) is 36.2. The average Bonchev–Trinajstić information content (AvgIpc) is 3.65. The molecule has 1 aliphatic carbocycles. The number of alkyl carbamates (subject to hydrolysis) is 1. The third-order valence-corrected chi connectivity index (χ3v) is 8.34. The Morgan fingerprint density at radius 1 is 1.10 bits per heavy atom. The van der Waals surface area contributed by atoms with Crippen molar-refractivity contribution in [3.63, 3.8) is 0 Å². The van der Waals surface area contributed by atoms with Crippen molar-refractivity contribution >= 4 is 29.6 Å². The van der Waals surface area contributed by atoms with E-state index in [4.69, 9.17) is 21.7 Å². The molecule has 12 nitrogen and oxygen atoms in total. The summed E-state index contributed by atoms with van der Waals surface area (Å²) in [4.78, 5) is 40.4. The zero-order valence-corrected chi connectivity index (χ0v) is 28.0. The molecule has 0 radical (unpaired) electrons. The Balaban J connectivity index is 1.55. The second-order valence-corrected chi connectivity index (χ2v) is 13.3. The number of nitrogens with one attached hydrogen (secondary N) is 4. The third-order valence-electron chi connectivity index (χ3n) is 8.01. The van der Waals surface area contributed by atoms with Crippen molar-refractivity contribution in [2.24, 2.45) is 5.41 Å². The van der Waals surface area contributed by atoms with Crippen LogP contribution in [0.2, 0.25) is 5.02 Å². The lowest BCUT2D eigenvalue weighted by Crippen LogP contribution is -2.50. The minimum Gasteiger partial charge on any atom is -0.447 e. The molecule has 2 heterocycles. The quantitative estimate of drug-likeness (QED) is 0.0803. The summed E-state index contributed by atoms with van der Waals surface area (Å²) in [7, 11) is 0. The number of alkyl halides is 3. The van der Waals surface area contributed by atoms with Gasteiger partial charge in [-0.3, -0.25) is 20.2 Å². The van der Waals surface area contributed by atoms with Gasteiger partial charge in [-0.1, -0.05) is 44.5 Å². The van der Waals surface area contributed by atoms with Crippen molar-refractivity contribution in [2.45, 2.75) is 57.8 Å². The van der Waals surface area contributed by atoms with Gasteiger partial charge in [-0.05, 0) is 60.6 Å². The van der Waals surface area contributed by atoms with Gasteiger partial charge < -0.3 is 15.4 Å². The number of amides is 2. The Kier molecular flexibility index (Phi) is 10.4. The van der Waals surface area contributed by atoms with E-state index in [-0.39, 0.29) is 52.6 Å². The van der Waals surface area contributed by atoms with E-state index >= 15 is 4.39 Å². The molecule has 5 rings (SSSR count). The van der Waals surface area contributed by atoms with Crippen molar-refractivity contribution < 1.29 is 31.9 Å². The topological polar surface area (TPSA) is 162 Å². The molecule has 2 aromatic carbocycles. The molecule has 2 amide bonds. The Labute approximate surface area is 289 Å². The number of benzene rings is 2. The van der Waals surface area contributed by atoms with E-state index < -0.39 is 53.7 Å². The predicted molar refractivity (Wildman–Crippen MR) is 175 cm³/mol. The predicted octanol–water partition coefficient (Wildman–Crippen LogP) is 6.69. The van der Waals surface area contributed by atoms with Crippen molar-refractivity contribution in [3.05, 3.63) is 83.2 Å². The van der Waals surface area contributed by atoms with E-state index in [1.54, 1.807) is 6.07 Å². The maximum Gasteiger partial charge on any atom is 0.411 e. The van der Waals surface area contributed by atoms with Crippen LogP contribution in [0.5, 0.6) is 0 Å². The first-order valence-corrected chi connectivity index (χ1v) is 15.9. The van der Waals surface area contributed by atoms with Crippen LogP contribution in [0.4, 0.5) is 22.4 Å². The molecule has 17 heteroatoms. The third kappa shape index (κ3) is 8.35. The van der Waals surface area contributed by atoms with Gasteiger partial charge in [0.25, 0.3) is 5.91 Å². The van der Waals surface area contributed by atoms with Crippen LogP contribution in [0.1, 0.15) is 62.0 Å². The van der Waals surface area contributed by atoms with Crippen LogP contribution in [-0.4, -0.2) is 72.9 Å². The Morgan fingerprint density at radius 3 is 2.42 bits per heavy atom. The van der Waals surface area contributed by atoms with Gasteiger partial charge in [0.15, 0.2) is 17.6 Å². The van der Waals surface area contributed by atoms with E-state index in [1.807, 2.05) is 26.1 Å². The van der Waals surface area contributed by atoms with Gasteiger partial charge >= 0.3 is 12.3 Å². The van der Waals surface area contributed by atoms with Gasteiger partial charge in [0.05, 0.1) is 16.6 Å².